The van der Waals surface area contributed by atoms with Gasteiger partial charge in [-0.05, 0) is 60.9 Å². The van der Waals surface area contributed by atoms with Gasteiger partial charge in [-0.3, -0.25) is 0 Å². The van der Waals surface area contributed by atoms with Gasteiger partial charge in [-0.25, -0.2) is 4.39 Å². The lowest BCUT2D eigenvalue weighted by molar-refractivity contribution is -0.141. The monoisotopic (exact) mass is 380 g/mol. The van der Waals surface area contributed by atoms with Gasteiger partial charge in [-0.2, -0.15) is 13.2 Å². The van der Waals surface area contributed by atoms with Crippen molar-refractivity contribution in [2.45, 2.75) is 45.7 Å². The van der Waals surface area contributed by atoms with Crippen LogP contribution in [0, 0.1) is 12.7 Å². The first-order chi connectivity index (χ1) is 12.8. The van der Waals surface area contributed by atoms with E-state index in [1.807, 2.05) is 24.3 Å². The topological polar surface area (TPSA) is 9.23 Å². The molecule has 27 heavy (non-hydrogen) atoms. The van der Waals surface area contributed by atoms with Gasteiger partial charge in [0.1, 0.15) is 17.1 Å². The molecule has 0 amide bonds. The van der Waals surface area contributed by atoms with Gasteiger partial charge in [0.25, 0.3) is 0 Å². The first-order valence-electron chi connectivity index (χ1n) is 8.98. The van der Waals surface area contributed by atoms with Crippen LogP contribution in [0.15, 0.2) is 43.0 Å². The maximum atomic E-state index is 14.8. The van der Waals surface area contributed by atoms with Crippen molar-refractivity contribution in [3.8, 4) is 5.75 Å². The van der Waals surface area contributed by atoms with Crippen LogP contribution in [0.4, 0.5) is 17.6 Å². The number of hydrogen-bond donors (Lipinski definition) is 0. The van der Waals surface area contributed by atoms with E-state index >= 15 is 0 Å². The lowest BCUT2D eigenvalue weighted by atomic mass is 9.96. The molecule has 0 aromatic heterocycles. The van der Waals surface area contributed by atoms with Crippen LogP contribution in [-0.2, 0) is 25.4 Å². The van der Waals surface area contributed by atoms with Gasteiger partial charge in [-0.15, -0.1) is 6.58 Å². The van der Waals surface area contributed by atoms with E-state index in [1.165, 1.54) is 6.07 Å². The molecule has 0 saturated heterocycles. The summed E-state index contributed by atoms with van der Waals surface area (Å²) in [5.41, 5.74) is 1.29. The maximum absolute atomic E-state index is 14.8. The molecule has 0 fully saturated rings. The Labute approximate surface area is 157 Å². The molecule has 146 valence electrons. The SMILES string of the molecule is C=CCc1ccc(CCc2c(C)cc(OCCC)c(C(F)(F)F)c2F)cc1. The number of benzene rings is 2. The summed E-state index contributed by atoms with van der Waals surface area (Å²) in [5, 5.41) is 0. The van der Waals surface area contributed by atoms with Gasteiger partial charge in [0, 0.05) is 0 Å². The van der Waals surface area contributed by atoms with E-state index in [9.17, 15) is 17.6 Å². The van der Waals surface area contributed by atoms with Crippen molar-refractivity contribution in [1.82, 2.24) is 0 Å². The van der Waals surface area contributed by atoms with E-state index in [0.717, 1.165) is 17.5 Å². The Hall–Kier alpha value is -2.30. The van der Waals surface area contributed by atoms with Crippen molar-refractivity contribution in [1.29, 1.82) is 0 Å². The van der Waals surface area contributed by atoms with Crippen molar-refractivity contribution >= 4 is 0 Å². The molecule has 0 saturated carbocycles. The molecule has 0 heterocycles. The Kier molecular flexibility index (Phi) is 7.05. The minimum Gasteiger partial charge on any atom is -0.493 e. The molecule has 0 aliphatic rings. The van der Waals surface area contributed by atoms with Crippen LogP contribution in [0.1, 0.15) is 41.2 Å². The van der Waals surface area contributed by atoms with Crippen LogP contribution in [0.3, 0.4) is 0 Å². The predicted molar refractivity (Wildman–Crippen MR) is 99.7 cm³/mol. The van der Waals surface area contributed by atoms with Crippen molar-refractivity contribution < 1.29 is 22.3 Å². The third-order valence-corrected chi connectivity index (χ3v) is 4.37. The van der Waals surface area contributed by atoms with Gasteiger partial charge in [0.2, 0.25) is 0 Å². The summed E-state index contributed by atoms with van der Waals surface area (Å²) < 4.78 is 60.1. The first-order valence-corrected chi connectivity index (χ1v) is 8.98. The largest absolute Gasteiger partial charge is 0.493 e. The second kappa shape index (κ2) is 9.07. The molecule has 2 aromatic carbocycles. The molecule has 1 nitrogen and oxygen atoms in total. The molecule has 0 radical (unpaired) electrons. The molecule has 0 bridgehead atoms. The Morgan fingerprint density at radius 1 is 1.07 bits per heavy atom. The van der Waals surface area contributed by atoms with E-state index < -0.39 is 23.3 Å². The summed E-state index contributed by atoms with van der Waals surface area (Å²) >= 11 is 0. The molecule has 0 atom stereocenters. The number of halogens is 4. The van der Waals surface area contributed by atoms with Gasteiger partial charge >= 0.3 is 6.18 Å². The van der Waals surface area contributed by atoms with Crippen molar-refractivity contribution in [2.75, 3.05) is 6.61 Å². The third kappa shape index (κ3) is 5.34. The number of allylic oxidation sites excluding steroid dienone is 1. The fourth-order valence-corrected chi connectivity index (χ4v) is 2.96. The van der Waals surface area contributed by atoms with Crippen LogP contribution in [0.5, 0.6) is 5.75 Å². The zero-order chi connectivity index (χ0) is 20.0. The molecule has 2 rings (SSSR count). The Morgan fingerprint density at radius 3 is 2.26 bits per heavy atom. The Morgan fingerprint density at radius 2 is 1.70 bits per heavy atom. The summed E-state index contributed by atoms with van der Waals surface area (Å²) in [4.78, 5) is 0. The van der Waals surface area contributed by atoms with Crippen molar-refractivity contribution in [3.05, 3.63) is 76.6 Å². The average molecular weight is 380 g/mol. The molecule has 2 aromatic rings. The van der Waals surface area contributed by atoms with E-state index in [4.69, 9.17) is 4.74 Å². The zero-order valence-corrected chi connectivity index (χ0v) is 15.6. The van der Waals surface area contributed by atoms with Crippen LogP contribution in [0.25, 0.3) is 0 Å². The van der Waals surface area contributed by atoms with Gasteiger partial charge in [0.15, 0.2) is 0 Å². The Bertz CT molecular complexity index is 776. The van der Waals surface area contributed by atoms with E-state index in [-0.39, 0.29) is 18.6 Å². The van der Waals surface area contributed by atoms with Gasteiger partial charge in [0.05, 0.1) is 6.61 Å². The highest BCUT2D eigenvalue weighted by Gasteiger charge is 2.39. The highest BCUT2D eigenvalue weighted by molar-refractivity contribution is 5.46. The molecular formula is C22H24F4O. The Balaban J connectivity index is 2.29. The van der Waals surface area contributed by atoms with Gasteiger partial charge in [-0.1, -0.05) is 37.3 Å². The van der Waals surface area contributed by atoms with E-state index in [2.05, 4.69) is 6.58 Å². The maximum Gasteiger partial charge on any atom is 0.422 e. The number of rotatable bonds is 8. The van der Waals surface area contributed by atoms with E-state index in [1.54, 1.807) is 19.9 Å². The summed E-state index contributed by atoms with van der Waals surface area (Å²) in [6.45, 7) is 7.19. The average Bonchev–Trinajstić information content (AvgIpc) is 2.59. The molecule has 0 aliphatic heterocycles. The van der Waals surface area contributed by atoms with Crippen LogP contribution in [0.2, 0.25) is 0 Å². The second-order valence-electron chi connectivity index (χ2n) is 6.51. The fraction of sp³-hybridized carbons (Fsp3) is 0.364. The fourth-order valence-electron chi connectivity index (χ4n) is 2.96. The highest BCUT2D eigenvalue weighted by Crippen LogP contribution is 2.40. The van der Waals surface area contributed by atoms with Crippen molar-refractivity contribution in [3.63, 3.8) is 0 Å². The lowest BCUT2D eigenvalue weighted by Crippen LogP contribution is -2.15. The number of ether oxygens (including phenoxy) is 1. The summed E-state index contributed by atoms with van der Waals surface area (Å²) in [7, 11) is 0. The minimum atomic E-state index is -4.80. The molecular weight excluding hydrogens is 356 g/mol. The standard InChI is InChI=1S/C22H24F4O/c1-4-6-16-7-9-17(10-8-16)11-12-18-15(3)14-19(27-13-5-2)20(21(18)23)22(24,25)26/h4,7-10,14H,1,5-6,11-13H2,2-3H3. The minimum absolute atomic E-state index is 0.0846. The molecule has 0 N–H and O–H groups in total. The normalized spacial score (nSPS) is 11.5. The predicted octanol–water partition coefficient (Wildman–Crippen LogP) is 6.46. The molecule has 0 spiro atoms. The van der Waals surface area contributed by atoms with Crippen LogP contribution in [-0.4, -0.2) is 6.61 Å². The van der Waals surface area contributed by atoms with E-state index in [0.29, 0.717) is 18.4 Å². The van der Waals surface area contributed by atoms with Crippen LogP contribution < -0.4 is 4.74 Å². The summed E-state index contributed by atoms with van der Waals surface area (Å²) in [5.74, 6) is -1.66. The quantitative estimate of drug-likeness (QED) is 0.377. The molecule has 0 unspecified atom stereocenters. The van der Waals surface area contributed by atoms with Crippen LogP contribution >= 0.6 is 0 Å². The number of aryl methyl sites for hydroxylation is 2. The van der Waals surface area contributed by atoms with Crippen molar-refractivity contribution in [2.24, 2.45) is 0 Å². The zero-order valence-electron chi connectivity index (χ0n) is 15.6. The molecule has 0 aliphatic carbocycles. The number of alkyl halides is 3. The summed E-state index contributed by atoms with van der Waals surface area (Å²) in [6, 6.07) is 9.02. The third-order valence-electron chi connectivity index (χ3n) is 4.37. The lowest BCUT2D eigenvalue weighted by Gasteiger charge is -2.19. The van der Waals surface area contributed by atoms with Gasteiger partial charge < -0.3 is 4.74 Å². The molecule has 5 heteroatoms. The second-order valence-corrected chi connectivity index (χ2v) is 6.51. The summed E-state index contributed by atoms with van der Waals surface area (Å²) in [6.07, 6.45) is -1.06. The number of hydrogen-bond acceptors (Lipinski definition) is 1. The smallest absolute Gasteiger partial charge is 0.422 e. The first kappa shape index (κ1) is 21.0. The highest BCUT2D eigenvalue weighted by atomic mass is 19.4.